The molecule has 0 unspecified atom stereocenters. The lowest BCUT2D eigenvalue weighted by atomic mass is 10.2. The van der Waals surface area contributed by atoms with Crippen LogP contribution in [0.3, 0.4) is 0 Å². The van der Waals surface area contributed by atoms with Crippen molar-refractivity contribution in [3.8, 4) is 0 Å². The number of hydrogen-bond acceptors (Lipinski definition) is 2. The molecule has 21 heavy (non-hydrogen) atoms. The third-order valence-electron chi connectivity index (χ3n) is 3.04. The Morgan fingerprint density at radius 2 is 1.81 bits per heavy atom. The topological polar surface area (TPSA) is 12.9 Å². The first kappa shape index (κ1) is 14.3. The molecule has 0 amide bonds. The van der Waals surface area contributed by atoms with E-state index < -0.39 is 11.6 Å². The molecule has 0 aliphatic rings. The monoisotopic (exact) mass is 321 g/mol. The Labute approximate surface area is 130 Å². The zero-order chi connectivity index (χ0) is 14.8. The molecule has 3 rings (SSSR count). The van der Waals surface area contributed by atoms with E-state index in [2.05, 4.69) is 4.98 Å². The van der Waals surface area contributed by atoms with Crippen molar-refractivity contribution in [3.05, 3.63) is 70.9 Å². The van der Waals surface area contributed by atoms with Crippen LogP contribution in [0.2, 0.25) is 5.15 Å². The minimum absolute atomic E-state index is 0.434. The number of halogens is 3. The highest BCUT2D eigenvalue weighted by molar-refractivity contribution is 7.98. The van der Waals surface area contributed by atoms with Crippen LogP contribution in [0, 0.1) is 11.6 Å². The highest BCUT2D eigenvalue weighted by atomic mass is 35.5. The maximum Gasteiger partial charge on any atom is 0.159 e. The maximum atomic E-state index is 13.2. The van der Waals surface area contributed by atoms with Gasteiger partial charge < -0.3 is 0 Å². The number of fused-ring (bicyclic) bond motifs is 1. The SMILES string of the molecule is Fc1ccc(SCc2cc3ccccc3nc2Cl)cc1F. The van der Waals surface area contributed by atoms with E-state index >= 15 is 0 Å². The molecule has 5 heteroatoms. The van der Waals surface area contributed by atoms with E-state index in [1.807, 2.05) is 30.3 Å². The predicted octanol–water partition coefficient (Wildman–Crippen LogP) is 5.46. The smallest absolute Gasteiger partial charge is 0.159 e. The molecule has 1 aromatic heterocycles. The second-order valence-corrected chi connectivity index (χ2v) is 5.90. The number of para-hydroxylation sites is 1. The maximum absolute atomic E-state index is 13.2. The Morgan fingerprint density at radius 1 is 1.00 bits per heavy atom. The lowest BCUT2D eigenvalue weighted by molar-refractivity contribution is 0.506. The van der Waals surface area contributed by atoms with Crippen LogP contribution in [-0.4, -0.2) is 4.98 Å². The molecule has 0 N–H and O–H groups in total. The van der Waals surface area contributed by atoms with E-state index in [1.54, 1.807) is 6.07 Å². The summed E-state index contributed by atoms with van der Waals surface area (Å²) in [7, 11) is 0. The molecule has 0 saturated heterocycles. The van der Waals surface area contributed by atoms with Gasteiger partial charge in [-0.25, -0.2) is 13.8 Å². The number of nitrogens with zero attached hydrogens (tertiary/aromatic N) is 1. The van der Waals surface area contributed by atoms with E-state index in [9.17, 15) is 8.78 Å². The van der Waals surface area contributed by atoms with E-state index in [1.165, 1.54) is 17.8 Å². The van der Waals surface area contributed by atoms with Crippen molar-refractivity contribution in [3.63, 3.8) is 0 Å². The van der Waals surface area contributed by atoms with Gasteiger partial charge in [-0.05, 0) is 30.3 Å². The van der Waals surface area contributed by atoms with Crippen LogP contribution < -0.4 is 0 Å². The second kappa shape index (κ2) is 6.00. The standard InChI is InChI=1S/C16H10ClF2NS/c17-16-11(7-10-3-1-2-4-15(10)20-16)9-21-12-5-6-13(18)14(19)8-12/h1-8H,9H2. The third-order valence-corrected chi connectivity index (χ3v) is 4.41. The van der Waals surface area contributed by atoms with Crippen LogP contribution in [0.15, 0.2) is 53.4 Å². The van der Waals surface area contributed by atoms with Gasteiger partial charge in [0.1, 0.15) is 5.15 Å². The number of rotatable bonds is 3. The van der Waals surface area contributed by atoms with Crippen molar-refractivity contribution in [1.29, 1.82) is 0 Å². The fraction of sp³-hybridized carbons (Fsp3) is 0.0625. The molecule has 106 valence electrons. The van der Waals surface area contributed by atoms with Gasteiger partial charge in [0.05, 0.1) is 5.52 Å². The van der Waals surface area contributed by atoms with E-state index in [0.717, 1.165) is 22.5 Å². The lowest BCUT2D eigenvalue weighted by Gasteiger charge is -2.06. The van der Waals surface area contributed by atoms with Gasteiger partial charge in [0.15, 0.2) is 11.6 Å². The summed E-state index contributed by atoms with van der Waals surface area (Å²) in [5, 5.41) is 1.44. The zero-order valence-electron chi connectivity index (χ0n) is 10.8. The van der Waals surface area contributed by atoms with Crippen LogP contribution in [0.4, 0.5) is 8.78 Å². The van der Waals surface area contributed by atoms with Crippen molar-refractivity contribution >= 4 is 34.3 Å². The zero-order valence-corrected chi connectivity index (χ0v) is 12.4. The number of aromatic nitrogens is 1. The molecule has 2 aromatic carbocycles. The Bertz CT molecular complexity index is 807. The van der Waals surface area contributed by atoms with Crippen molar-refractivity contribution < 1.29 is 8.78 Å². The van der Waals surface area contributed by atoms with E-state index in [0.29, 0.717) is 15.8 Å². The third kappa shape index (κ3) is 3.17. The number of benzene rings is 2. The minimum Gasteiger partial charge on any atom is -0.236 e. The Morgan fingerprint density at radius 3 is 2.62 bits per heavy atom. The van der Waals surface area contributed by atoms with E-state index in [4.69, 9.17) is 11.6 Å². The van der Waals surface area contributed by atoms with Crippen molar-refractivity contribution in [2.75, 3.05) is 0 Å². The Balaban J connectivity index is 1.84. The van der Waals surface area contributed by atoms with Gasteiger partial charge in [-0.3, -0.25) is 0 Å². The van der Waals surface area contributed by atoms with Gasteiger partial charge in [-0.1, -0.05) is 29.8 Å². The van der Waals surface area contributed by atoms with Gasteiger partial charge in [0, 0.05) is 21.6 Å². The Kier molecular flexibility index (Phi) is 4.08. The normalized spacial score (nSPS) is 11.0. The average Bonchev–Trinajstić information content (AvgIpc) is 2.48. The number of hydrogen-bond donors (Lipinski definition) is 0. The minimum atomic E-state index is -0.845. The van der Waals surface area contributed by atoms with Gasteiger partial charge in [0.25, 0.3) is 0 Å². The quantitative estimate of drug-likeness (QED) is 0.469. The molecule has 0 bridgehead atoms. The first-order valence-electron chi connectivity index (χ1n) is 6.25. The number of pyridine rings is 1. The summed E-state index contributed by atoms with van der Waals surface area (Å²) in [4.78, 5) is 4.99. The first-order valence-corrected chi connectivity index (χ1v) is 7.62. The molecule has 0 spiro atoms. The van der Waals surface area contributed by atoms with Gasteiger partial charge in [-0.2, -0.15) is 0 Å². The van der Waals surface area contributed by atoms with E-state index in [-0.39, 0.29) is 0 Å². The molecule has 0 atom stereocenters. The summed E-state index contributed by atoms with van der Waals surface area (Å²) in [5.41, 5.74) is 1.70. The summed E-state index contributed by atoms with van der Waals surface area (Å²) in [6.45, 7) is 0. The van der Waals surface area contributed by atoms with Gasteiger partial charge in [0.2, 0.25) is 0 Å². The average molecular weight is 322 g/mol. The van der Waals surface area contributed by atoms with Crippen molar-refractivity contribution in [1.82, 2.24) is 4.98 Å². The summed E-state index contributed by atoms with van der Waals surface area (Å²) in [5.74, 6) is -1.14. The molecule has 1 nitrogen and oxygen atoms in total. The van der Waals surface area contributed by atoms with Crippen LogP contribution in [0.25, 0.3) is 10.9 Å². The molecular weight excluding hydrogens is 312 g/mol. The molecule has 1 heterocycles. The predicted molar refractivity (Wildman–Crippen MR) is 82.7 cm³/mol. The van der Waals surface area contributed by atoms with Gasteiger partial charge in [-0.15, -0.1) is 11.8 Å². The first-order chi connectivity index (χ1) is 10.1. The molecule has 0 aliphatic carbocycles. The molecule has 0 radical (unpaired) electrons. The Hall–Kier alpha value is -1.65. The van der Waals surface area contributed by atoms with Crippen LogP contribution in [-0.2, 0) is 5.75 Å². The van der Waals surface area contributed by atoms with Crippen LogP contribution >= 0.6 is 23.4 Å². The van der Waals surface area contributed by atoms with Crippen molar-refractivity contribution in [2.45, 2.75) is 10.6 Å². The molecule has 0 fully saturated rings. The molecule has 3 aromatic rings. The fourth-order valence-corrected chi connectivity index (χ4v) is 3.15. The second-order valence-electron chi connectivity index (χ2n) is 4.50. The summed E-state index contributed by atoms with van der Waals surface area (Å²) < 4.78 is 26.1. The molecule has 0 saturated carbocycles. The van der Waals surface area contributed by atoms with Gasteiger partial charge >= 0.3 is 0 Å². The number of thioether (sulfide) groups is 1. The summed E-state index contributed by atoms with van der Waals surface area (Å²) >= 11 is 7.56. The molecule has 0 aliphatic heterocycles. The highest BCUT2D eigenvalue weighted by Gasteiger charge is 2.07. The van der Waals surface area contributed by atoms with Crippen molar-refractivity contribution in [2.24, 2.45) is 0 Å². The van der Waals surface area contributed by atoms with Crippen LogP contribution in [0.1, 0.15) is 5.56 Å². The lowest BCUT2D eigenvalue weighted by Crippen LogP contribution is -1.89. The molecular formula is C16H10ClF2NS. The largest absolute Gasteiger partial charge is 0.236 e. The summed E-state index contributed by atoms with van der Waals surface area (Å²) in [6.07, 6.45) is 0. The fourth-order valence-electron chi connectivity index (χ4n) is 1.97. The summed E-state index contributed by atoms with van der Waals surface area (Å²) in [6, 6.07) is 13.5. The highest BCUT2D eigenvalue weighted by Crippen LogP contribution is 2.28. The van der Waals surface area contributed by atoms with Crippen LogP contribution in [0.5, 0.6) is 0 Å².